The van der Waals surface area contributed by atoms with E-state index in [4.69, 9.17) is 15.2 Å². The maximum atomic E-state index is 12.2. The van der Waals surface area contributed by atoms with Crippen molar-refractivity contribution >= 4 is 22.8 Å². The van der Waals surface area contributed by atoms with Crippen LogP contribution in [0.1, 0.15) is 24.0 Å². The Labute approximate surface area is 227 Å². The fraction of sp³-hybridized carbons (Fsp3) is 0.310. The molecule has 10 nitrogen and oxygen atoms in total. The normalized spacial score (nSPS) is 14.3. The lowest BCUT2D eigenvalue weighted by atomic mass is 9.74. The Bertz CT molecular complexity index is 1390. The number of aromatic hydroxyl groups is 1. The van der Waals surface area contributed by atoms with Crippen molar-refractivity contribution in [1.29, 1.82) is 0 Å². The Hall–Kier alpha value is -4.44. The van der Waals surface area contributed by atoms with Crippen molar-refractivity contribution in [2.24, 2.45) is 11.1 Å². The van der Waals surface area contributed by atoms with Crippen molar-refractivity contribution in [3.63, 3.8) is 0 Å². The summed E-state index contributed by atoms with van der Waals surface area (Å²) in [6.45, 7) is 1.54. The number of ether oxygens (including phenoxy) is 2. The van der Waals surface area contributed by atoms with Gasteiger partial charge in [-0.15, -0.1) is 0 Å². The third-order valence-electron chi connectivity index (χ3n) is 6.97. The van der Waals surface area contributed by atoms with Gasteiger partial charge in [-0.1, -0.05) is 36.4 Å². The molecule has 4 N–H and O–H groups in total. The Morgan fingerprint density at radius 1 is 1.00 bits per heavy atom. The molecule has 0 atom stereocenters. The van der Waals surface area contributed by atoms with Gasteiger partial charge in [-0.3, -0.25) is 9.78 Å². The number of carbonyl (C=O) groups is 1. The molecule has 10 heteroatoms. The monoisotopic (exact) mass is 531 g/mol. The quantitative estimate of drug-likeness (QED) is 0.322. The number of fused-ring (bicyclic) bond motifs is 1. The molecule has 1 aliphatic heterocycles. The first-order chi connectivity index (χ1) is 18.9. The summed E-state index contributed by atoms with van der Waals surface area (Å²) in [4.78, 5) is 26.8. The molecule has 0 radical (unpaired) electrons. The van der Waals surface area contributed by atoms with Crippen LogP contribution in [0, 0.1) is 5.41 Å². The molecule has 1 saturated heterocycles. The van der Waals surface area contributed by atoms with Crippen molar-refractivity contribution in [2.75, 3.05) is 32.2 Å². The second-order valence-corrected chi connectivity index (χ2v) is 9.37. The Kier molecular flexibility index (Phi) is 8.77. The number of nitrogens with two attached hydrogens (primary N) is 1. The van der Waals surface area contributed by atoms with Gasteiger partial charge in [0.25, 0.3) is 0 Å². The van der Waals surface area contributed by atoms with Gasteiger partial charge in [-0.25, -0.2) is 4.98 Å². The van der Waals surface area contributed by atoms with E-state index in [0.29, 0.717) is 67.2 Å². The van der Waals surface area contributed by atoms with Crippen molar-refractivity contribution < 1.29 is 24.5 Å². The second-order valence-electron chi connectivity index (χ2n) is 9.37. The van der Waals surface area contributed by atoms with Crippen LogP contribution in [0.2, 0.25) is 0 Å². The Balaban J connectivity index is 0.000000379. The lowest BCUT2D eigenvalue weighted by Gasteiger charge is -2.39. The molecule has 204 valence electrons. The molecule has 2 aromatic heterocycles. The van der Waals surface area contributed by atoms with Gasteiger partial charge < -0.3 is 30.3 Å². The maximum Gasteiger partial charge on any atom is 0.310 e. The summed E-state index contributed by atoms with van der Waals surface area (Å²) in [5.41, 5.74) is 7.10. The molecule has 39 heavy (non-hydrogen) atoms. The number of rotatable bonds is 7. The van der Waals surface area contributed by atoms with Crippen molar-refractivity contribution in [3.05, 3.63) is 78.1 Å². The number of benzene rings is 2. The minimum absolute atomic E-state index is 0.152. The molecule has 1 fully saturated rings. The van der Waals surface area contributed by atoms with Crippen molar-refractivity contribution in [3.8, 4) is 17.4 Å². The molecule has 0 amide bonds. The van der Waals surface area contributed by atoms with Crippen LogP contribution in [0.4, 0.5) is 5.95 Å². The van der Waals surface area contributed by atoms with Crippen LogP contribution in [0.3, 0.4) is 0 Å². The van der Waals surface area contributed by atoms with E-state index in [9.17, 15) is 15.0 Å². The van der Waals surface area contributed by atoms with Crippen LogP contribution in [0.5, 0.6) is 17.4 Å². The van der Waals surface area contributed by atoms with E-state index in [-0.39, 0.29) is 5.88 Å². The first-order valence-electron chi connectivity index (χ1n) is 12.6. The number of aromatic nitrogens is 3. The molecule has 1 aliphatic rings. The average molecular weight is 532 g/mol. The predicted molar refractivity (Wildman–Crippen MR) is 148 cm³/mol. The van der Waals surface area contributed by atoms with E-state index in [1.165, 1.54) is 14.2 Å². The second kappa shape index (κ2) is 12.4. The minimum atomic E-state index is -0.826. The summed E-state index contributed by atoms with van der Waals surface area (Å²) in [5.74, 6) is 0.420. The summed E-state index contributed by atoms with van der Waals surface area (Å²) in [6, 6.07) is 16.9. The zero-order valence-corrected chi connectivity index (χ0v) is 22.1. The van der Waals surface area contributed by atoms with Gasteiger partial charge in [-0.2, -0.15) is 4.98 Å². The third-order valence-corrected chi connectivity index (χ3v) is 6.97. The van der Waals surface area contributed by atoms with E-state index >= 15 is 0 Å². The fourth-order valence-corrected chi connectivity index (χ4v) is 4.68. The molecule has 0 spiro atoms. The van der Waals surface area contributed by atoms with Gasteiger partial charge in [0.15, 0.2) is 11.5 Å². The molecular weight excluding hydrogens is 498 g/mol. The summed E-state index contributed by atoms with van der Waals surface area (Å²) in [6.07, 6.45) is 4.91. The topological polar surface area (TPSA) is 144 Å². The number of pyridine rings is 1. The van der Waals surface area contributed by atoms with Crippen LogP contribution in [0.15, 0.2) is 67.0 Å². The van der Waals surface area contributed by atoms with E-state index in [1.807, 2.05) is 47.4 Å². The van der Waals surface area contributed by atoms with Gasteiger partial charge in [0, 0.05) is 38.1 Å². The Morgan fingerprint density at radius 3 is 2.23 bits per heavy atom. The number of piperidine rings is 1. The summed E-state index contributed by atoms with van der Waals surface area (Å²) >= 11 is 0. The summed E-state index contributed by atoms with van der Waals surface area (Å²) < 4.78 is 10.6. The van der Waals surface area contributed by atoms with E-state index < -0.39 is 11.4 Å². The fourth-order valence-electron chi connectivity index (χ4n) is 4.68. The van der Waals surface area contributed by atoms with Gasteiger partial charge in [0.2, 0.25) is 11.8 Å². The van der Waals surface area contributed by atoms with Crippen LogP contribution >= 0.6 is 0 Å². The number of carboxylic acids is 1. The van der Waals surface area contributed by atoms with Gasteiger partial charge in [0.1, 0.15) is 0 Å². The number of nitrogens with zero attached hydrogens (tertiary/aromatic N) is 4. The van der Waals surface area contributed by atoms with Crippen LogP contribution < -0.4 is 20.1 Å². The first kappa shape index (κ1) is 27.6. The minimum Gasteiger partial charge on any atom is -0.493 e. The van der Waals surface area contributed by atoms with Gasteiger partial charge in [-0.05, 0) is 42.5 Å². The SMILES string of the molecule is COc1cc2nc(N3CCC(Cc4ccccc4)(C(=O)O)CC3)nc(O)c2cc1OC.NCc1cccnc1. The lowest BCUT2D eigenvalue weighted by Crippen LogP contribution is -2.46. The molecule has 0 aliphatic carbocycles. The smallest absolute Gasteiger partial charge is 0.310 e. The van der Waals surface area contributed by atoms with E-state index in [0.717, 1.165) is 11.1 Å². The molecule has 5 rings (SSSR count). The van der Waals surface area contributed by atoms with Crippen molar-refractivity contribution in [2.45, 2.75) is 25.8 Å². The number of hydrogen-bond acceptors (Lipinski definition) is 9. The van der Waals surface area contributed by atoms with Gasteiger partial charge in [0.05, 0.1) is 30.5 Å². The standard InChI is InChI=1S/C23H25N3O5.C6H8N2/c1-30-18-12-16-17(13-19(18)31-2)24-22(25-20(16)27)26-10-8-23(9-11-26,21(28)29)14-15-6-4-3-5-7-15;7-4-6-2-1-3-8-5-6/h3-7,12-13H,8-11,14H2,1-2H3,(H,28,29)(H,24,25,27);1-3,5H,4,7H2. The number of aliphatic carboxylic acids is 1. The Morgan fingerprint density at radius 2 is 1.67 bits per heavy atom. The molecule has 2 aromatic carbocycles. The predicted octanol–water partition coefficient (Wildman–Crippen LogP) is 3.81. The van der Waals surface area contributed by atoms with Gasteiger partial charge >= 0.3 is 5.97 Å². The van der Waals surface area contributed by atoms with Crippen LogP contribution in [-0.2, 0) is 17.8 Å². The molecule has 0 bridgehead atoms. The first-order valence-corrected chi connectivity index (χ1v) is 12.6. The molecule has 3 heterocycles. The molecule has 0 unspecified atom stereocenters. The highest BCUT2D eigenvalue weighted by Gasteiger charge is 2.42. The lowest BCUT2D eigenvalue weighted by molar-refractivity contribution is -0.150. The maximum absolute atomic E-state index is 12.2. The zero-order valence-electron chi connectivity index (χ0n) is 22.1. The van der Waals surface area contributed by atoms with Crippen LogP contribution in [0.25, 0.3) is 10.9 Å². The number of anilines is 1. The molecular formula is C29H33N5O5. The highest BCUT2D eigenvalue weighted by atomic mass is 16.5. The van der Waals surface area contributed by atoms with Crippen LogP contribution in [-0.4, -0.2) is 58.4 Å². The molecule has 0 saturated carbocycles. The number of methoxy groups -OCH3 is 2. The third kappa shape index (κ3) is 6.35. The van der Waals surface area contributed by atoms with E-state index in [1.54, 1.807) is 24.5 Å². The number of hydrogen-bond donors (Lipinski definition) is 3. The largest absolute Gasteiger partial charge is 0.493 e. The van der Waals surface area contributed by atoms with Crippen molar-refractivity contribution in [1.82, 2.24) is 15.0 Å². The number of carboxylic acid groups (broad SMARTS) is 1. The highest BCUT2D eigenvalue weighted by molar-refractivity contribution is 5.87. The zero-order chi connectivity index (χ0) is 27.8. The average Bonchev–Trinajstić information content (AvgIpc) is 2.98. The highest BCUT2D eigenvalue weighted by Crippen LogP contribution is 2.39. The summed E-state index contributed by atoms with van der Waals surface area (Å²) in [5, 5.41) is 20.9. The molecule has 4 aromatic rings. The van der Waals surface area contributed by atoms with E-state index in [2.05, 4.69) is 15.0 Å². The summed E-state index contributed by atoms with van der Waals surface area (Å²) in [7, 11) is 3.06.